The molecule has 0 aliphatic heterocycles. The number of benzene rings is 2. The minimum atomic E-state index is -2.45. The molecule has 2 aromatic carbocycles. The highest BCUT2D eigenvalue weighted by Crippen LogP contribution is 2.25. The van der Waals surface area contributed by atoms with Gasteiger partial charge < -0.3 is 5.11 Å². The van der Waals surface area contributed by atoms with E-state index in [1.807, 2.05) is 18.2 Å². The van der Waals surface area contributed by atoms with Crippen molar-refractivity contribution in [2.75, 3.05) is 0 Å². The summed E-state index contributed by atoms with van der Waals surface area (Å²) in [4.78, 5) is 9.20. The molecule has 0 bridgehead atoms. The lowest BCUT2D eigenvalue weighted by Gasteiger charge is -2.10. The van der Waals surface area contributed by atoms with Gasteiger partial charge in [-0.2, -0.15) is 4.89 Å². The lowest BCUT2D eigenvalue weighted by Crippen LogP contribution is -2.11. The van der Waals surface area contributed by atoms with Crippen molar-refractivity contribution in [2.45, 2.75) is 6.10 Å². The van der Waals surface area contributed by atoms with E-state index in [1.54, 1.807) is 36.4 Å². The average Bonchev–Trinajstić information content (AvgIpc) is 2.39. The monoisotopic (exact) mass is 247 g/mol. The number of rotatable bonds is 3. The van der Waals surface area contributed by atoms with Crippen molar-refractivity contribution in [2.24, 2.45) is 0 Å². The van der Waals surface area contributed by atoms with E-state index in [2.05, 4.69) is 0 Å². The summed E-state index contributed by atoms with van der Waals surface area (Å²) in [7, 11) is -2.45. The lowest BCUT2D eigenvalue weighted by molar-refractivity contribution is 0.221. The fourth-order valence-corrected chi connectivity index (χ4v) is 2.34. The third kappa shape index (κ3) is 2.59. The van der Waals surface area contributed by atoms with Crippen molar-refractivity contribution < 1.29 is 14.6 Å². The zero-order valence-corrected chi connectivity index (χ0v) is 9.92. The maximum absolute atomic E-state index is 11.2. The SMILES string of the molecule is O=[P+](O)c1ccccc1C(O)c1ccccc1. The van der Waals surface area contributed by atoms with Gasteiger partial charge in [0.1, 0.15) is 6.10 Å². The van der Waals surface area contributed by atoms with E-state index in [0.29, 0.717) is 11.1 Å². The van der Waals surface area contributed by atoms with Crippen LogP contribution in [0.25, 0.3) is 0 Å². The van der Waals surface area contributed by atoms with Gasteiger partial charge in [0.2, 0.25) is 5.30 Å². The van der Waals surface area contributed by atoms with Gasteiger partial charge in [-0.05, 0) is 16.2 Å². The summed E-state index contributed by atoms with van der Waals surface area (Å²) >= 11 is 0. The molecular weight excluding hydrogens is 235 g/mol. The molecule has 2 rings (SSSR count). The molecule has 4 heteroatoms. The van der Waals surface area contributed by atoms with Crippen LogP contribution < -0.4 is 5.30 Å². The van der Waals surface area contributed by atoms with Crippen molar-refractivity contribution in [3.63, 3.8) is 0 Å². The molecule has 17 heavy (non-hydrogen) atoms. The number of aliphatic hydroxyl groups is 1. The molecule has 2 unspecified atom stereocenters. The fraction of sp³-hybridized carbons (Fsp3) is 0.0769. The first-order chi connectivity index (χ1) is 8.20. The van der Waals surface area contributed by atoms with Crippen LogP contribution in [0.4, 0.5) is 0 Å². The van der Waals surface area contributed by atoms with E-state index in [4.69, 9.17) is 0 Å². The molecule has 2 aromatic rings. The molecule has 2 N–H and O–H groups in total. The highest BCUT2D eigenvalue weighted by molar-refractivity contribution is 7.47. The van der Waals surface area contributed by atoms with Gasteiger partial charge in [0, 0.05) is 5.56 Å². The maximum atomic E-state index is 11.2. The zero-order chi connectivity index (χ0) is 12.3. The molecule has 86 valence electrons. The summed E-state index contributed by atoms with van der Waals surface area (Å²) in [6.45, 7) is 0. The molecular formula is C13H12O3P+. The van der Waals surface area contributed by atoms with E-state index in [1.165, 1.54) is 0 Å². The fourth-order valence-electron chi connectivity index (χ4n) is 1.71. The van der Waals surface area contributed by atoms with Gasteiger partial charge in [0.25, 0.3) is 0 Å². The zero-order valence-electron chi connectivity index (χ0n) is 9.02. The van der Waals surface area contributed by atoms with Crippen LogP contribution in [0.3, 0.4) is 0 Å². The van der Waals surface area contributed by atoms with Crippen molar-refractivity contribution >= 4 is 13.3 Å². The molecule has 0 saturated heterocycles. The minimum Gasteiger partial charge on any atom is -0.383 e. The molecule has 0 saturated carbocycles. The summed E-state index contributed by atoms with van der Waals surface area (Å²) in [6, 6.07) is 15.7. The standard InChI is InChI=1S/C13H11O3P/c14-13(10-6-2-1-3-7-10)11-8-4-5-9-12(11)17(15)16/h1-9,13-14H/p+1. The van der Waals surface area contributed by atoms with E-state index in [9.17, 15) is 14.6 Å². The van der Waals surface area contributed by atoms with Gasteiger partial charge in [-0.1, -0.05) is 48.5 Å². The van der Waals surface area contributed by atoms with Crippen LogP contribution >= 0.6 is 8.03 Å². The molecule has 2 atom stereocenters. The van der Waals surface area contributed by atoms with Crippen molar-refractivity contribution in [3.8, 4) is 0 Å². The Morgan fingerprint density at radius 2 is 1.53 bits per heavy atom. The van der Waals surface area contributed by atoms with Gasteiger partial charge in [0.05, 0.1) is 0 Å². The Morgan fingerprint density at radius 3 is 2.18 bits per heavy atom. The third-order valence-electron chi connectivity index (χ3n) is 2.55. The molecule has 3 nitrogen and oxygen atoms in total. The largest absolute Gasteiger partial charge is 0.546 e. The number of aliphatic hydroxyl groups excluding tert-OH is 1. The van der Waals surface area contributed by atoms with Crippen LogP contribution in [0.15, 0.2) is 54.6 Å². The van der Waals surface area contributed by atoms with E-state index in [0.717, 1.165) is 0 Å². The first kappa shape index (κ1) is 11.9. The average molecular weight is 247 g/mol. The second-order valence-corrected chi connectivity index (χ2v) is 4.67. The molecule has 0 aliphatic rings. The Labute approximate surface area is 100 Å². The molecule has 0 heterocycles. The van der Waals surface area contributed by atoms with Gasteiger partial charge >= 0.3 is 8.03 Å². The van der Waals surface area contributed by atoms with Crippen LogP contribution in [0.5, 0.6) is 0 Å². The van der Waals surface area contributed by atoms with E-state index < -0.39 is 14.1 Å². The van der Waals surface area contributed by atoms with Crippen LogP contribution in [-0.4, -0.2) is 10.00 Å². The normalized spacial score (nSPS) is 13.2. The Balaban J connectivity index is 2.44. The number of hydrogen-bond acceptors (Lipinski definition) is 2. The van der Waals surface area contributed by atoms with Crippen LogP contribution in [-0.2, 0) is 4.57 Å². The minimum absolute atomic E-state index is 0.277. The summed E-state index contributed by atoms with van der Waals surface area (Å²) in [5.41, 5.74) is 1.18. The topological polar surface area (TPSA) is 57.5 Å². The van der Waals surface area contributed by atoms with Crippen LogP contribution in [0.2, 0.25) is 0 Å². The van der Waals surface area contributed by atoms with Gasteiger partial charge in [-0.15, -0.1) is 0 Å². The highest BCUT2D eigenvalue weighted by atomic mass is 31.1. The first-order valence-corrected chi connectivity index (χ1v) is 6.39. The molecule has 0 aliphatic carbocycles. The molecule has 0 fully saturated rings. The van der Waals surface area contributed by atoms with Crippen LogP contribution in [0.1, 0.15) is 17.2 Å². The van der Waals surface area contributed by atoms with Gasteiger partial charge in [0.15, 0.2) is 0 Å². The van der Waals surface area contributed by atoms with Crippen molar-refractivity contribution in [1.82, 2.24) is 0 Å². The smallest absolute Gasteiger partial charge is 0.383 e. The Bertz CT molecular complexity index is 525. The molecule has 0 amide bonds. The van der Waals surface area contributed by atoms with Crippen molar-refractivity contribution in [3.05, 3.63) is 65.7 Å². The Hall–Kier alpha value is -1.54. The lowest BCUT2D eigenvalue weighted by atomic mass is 10.0. The highest BCUT2D eigenvalue weighted by Gasteiger charge is 2.25. The van der Waals surface area contributed by atoms with Crippen molar-refractivity contribution in [1.29, 1.82) is 0 Å². The predicted molar refractivity (Wildman–Crippen MR) is 66.4 cm³/mol. The Morgan fingerprint density at radius 1 is 0.941 bits per heavy atom. The summed E-state index contributed by atoms with van der Waals surface area (Å²) in [5.74, 6) is 0. The summed E-state index contributed by atoms with van der Waals surface area (Å²) in [5, 5.41) is 10.5. The van der Waals surface area contributed by atoms with Gasteiger partial charge in [-0.25, -0.2) is 0 Å². The first-order valence-electron chi connectivity index (χ1n) is 5.18. The summed E-state index contributed by atoms with van der Waals surface area (Å²) < 4.78 is 11.2. The second kappa shape index (κ2) is 5.19. The Kier molecular flexibility index (Phi) is 3.64. The molecule has 0 radical (unpaired) electrons. The predicted octanol–water partition coefficient (Wildman–Crippen LogP) is 2.13. The molecule has 0 aromatic heterocycles. The molecule has 0 spiro atoms. The van der Waals surface area contributed by atoms with Crippen LogP contribution in [0, 0.1) is 0 Å². The van der Waals surface area contributed by atoms with E-state index in [-0.39, 0.29) is 5.30 Å². The maximum Gasteiger partial charge on any atom is 0.546 e. The number of hydrogen-bond donors (Lipinski definition) is 2. The quantitative estimate of drug-likeness (QED) is 0.817. The van der Waals surface area contributed by atoms with E-state index >= 15 is 0 Å². The third-order valence-corrected chi connectivity index (χ3v) is 3.37. The second-order valence-electron chi connectivity index (χ2n) is 3.64. The van der Waals surface area contributed by atoms with Gasteiger partial charge in [-0.3, -0.25) is 0 Å². The summed E-state index contributed by atoms with van der Waals surface area (Å²) in [6.07, 6.45) is -0.876.